The average molecular weight is 404 g/mol. The number of carbonyl (C=O) groups is 1. The zero-order valence-corrected chi connectivity index (χ0v) is 16.9. The van der Waals surface area contributed by atoms with Crippen molar-refractivity contribution in [3.63, 3.8) is 0 Å². The van der Waals surface area contributed by atoms with E-state index in [0.717, 1.165) is 69.4 Å². The van der Waals surface area contributed by atoms with Gasteiger partial charge in [-0.05, 0) is 18.0 Å². The van der Waals surface area contributed by atoms with Gasteiger partial charge in [0.1, 0.15) is 4.88 Å². The number of anilines is 2. The van der Waals surface area contributed by atoms with Crippen LogP contribution in [0.1, 0.15) is 28.7 Å². The summed E-state index contributed by atoms with van der Waals surface area (Å²) in [4.78, 5) is 19.9. The number of hydrogen-bond acceptors (Lipinski definition) is 9. The maximum absolute atomic E-state index is 12.9. The lowest BCUT2D eigenvalue weighted by Crippen LogP contribution is -2.49. The number of amides is 1. The Balaban J connectivity index is 1.39. The van der Waals surface area contributed by atoms with E-state index in [4.69, 9.17) is 4.74 Å². The second-order valence-corrected chi connectivity index (χ2v) is 7.70. The molecule has 2 saturated heterocycles. The van der Waals surface area contributed by atoms with Gasteiger partial charge in [-0.15, -0.1) is 10.2 Å². The second-order valence-electron chi connectivity index (χ2n) is 6.95. The predicted octanol–water partition coefficient (Wildman–Crippen LogP) is 1.08. The molecule has 2 aliphatic rings. The Morgan fingerprint density at radius 3 is 2.64 bits per heavy atom. The smallest absolute Gasteiger partial charge is 0.267 e. The lowest BCUT2D eigenvalue weighted by Gasteiger charge is -2.35. The van der Waals surface area contributed by atoms with E-state index in [2.05, 4.69) is 42.6 Å². The first kappa shape index (κ1) is 19.0. The van der Waals surface area contributed by atoms with Crippen molar-refractivity contribution in [3.05, 3.63) is 22.8 Å². The third-order valence-corrected chi connectivity index (χ3v) is 5.89. The highest BCUT2D eigenvalue weighted by Crippen LogP contribution is 2.22. The first-order chi connectivity index (χ1) is 13.8. The van der Waals surface area contributed by atoms with Gasteiger partial charge in [-0.2, -0.15) is 5.10 Å². The van der Waals surface area contributed by atoms with Crippen LogP contribution in [0, 0.1) is 0 Å². The van der Waals surface area contributed by atoms with E-state index in [9.17, 15) is 4.79 Å². The first-order valence-corrected chi connectivity index (χ1v) is 10.5. The summed E-state index contributed by atoms with van der Waals surface area (Å²) in [5.74, 6) is 0.911. The van der Waals surface area contributed by atoms with Gasteiger partial charge in [-0.3, -0.25) is 4.79 Å². The molecule has 0 radical (unpaired) electrons. The number of morpholine rings is 1. The minimum Gasteiger partial charge on any atom is -0.378 e. The first-order valence-electron chi connectivity index (χ1n) is 9.77. The standard InChI is InChI=1S/C18H25N7O2S/c1-2-3-15-17(28-22-20-15)18(26)25-6-4-24(5-7-25)16-12-14(13-19-21-16)23-8-10-27-11-9-23/h12-13H,2-11H2,1H3. The number of nitrogens with zero attached hydrogens (tertiary/aromatic N) is 7. The molecule has 0 saturated carbocycles. The molecule has 0 aromatic carbocycles. The van der Waals surface area contributed by atoms with Gasteiger partial charge in [0, 0.05) is 45.3 Å². The van der Waals surface area contributed by atoms with Crippen molar-refractivity contribution in [2.24, 2.45) is 0 Å². The Bertz CT molecular complexity index is 801. The van der Waals surface area contributed by atoms with Crippen molar-refractivity contribution in [3.8, 4) is 0 Å². The van der Waals surface area contributed by atoms with Crippen LogP contribution in [-0.4, -0.2) is 83.1 Å². The van der Waals surface area contributed by atoms with Gasteiger partial charge in [-0.1, -0.05) is 17.8 Å². The van der Waals surface area contributed by atoms with E-state index in [1.54, 1.807) is 6.20 Å². The number of aromatic nitrogens is 4. The van der Waals surface area contributed by atoms with Crippen LogP contribution >= 0.6 is 11.5 Å². The van der Waals surface area contributed by atoms with Crippen molar-refractivity contribution in [1.29, 1.82) is 0 Å². The van der Waals surface area contributed by atoms with Crippen LogP contribution in [0.3, 0.4) is 0 Å². The third kappa shape index (κ3) is 4.07. The van der Waals surface area contributed by atoms with E-state index in [1.807, 2.05) is 4.90 Å². The molecule has 0 bridgehead atoms. The van der Waals surface area contributed by atoms with E-state index >= 15 is 0 Å². The van der Waals surface area contributed by atoms with Crippen molar-refractivity contribution in [2.45, 2.75) is 19.8 Å². The van der Waals surface area contributed by atoms with E-state index in [-0.39, 0.29) is 5.91 Å². The molecule has 0 unspecified atom stereocenters. The van der Waals surface area contributed by atoms with Crippen LogP contribution in [0.2, 0.25) is 0 Å². The zero-order valence-electron chi connectivity index (χ0n) is 16.1. The topological polar surface area (TPSA) is 87.6 Å². The molecule has 28 heavy (non-hydrogen) atoms. The largest absolute Gasteiger partial charge is 0.378 e. The van der Waals surface area contributed by atoms with Gasteiger partial charge in [0.15, 0.2) is 5.82 Å². The molecule has 2 fully saturated rings. The molecule has 9 nitrogen and oxygen atoms in total. The predicted molar refractivity (Wildman–Crippen MR) is 107 cm³/mol. The number of piperazine rings is 1. The summed E-state index contributed by atoms with van der Waals surface area (Å²) in [5, 5.41) is 12.6. The lowest BCUT2D eigenvalue weighted by atomic mass is 10.2. The van der Waals surface area contributed by atoms with E-state index in [1.165, 1.54) is 11.5 Å². The Morgan fingerprint density at radius 2 is 1.89 bits per heavy atom. The fraction of sp³-hybridized carbons (Fsp3) is 0.611. The van der Waals surface area contributed by atoms with Gasteiger partial charge in [0.2, 0.25) is 0 Å². The Hall–Kier alpha value is -2.33. The number of carbonyl (C=O) groups excluding carboxylic acids is 1. The van der Waals surface area contributed by atoms with Crippen molar-refractivity contribution >= 4 is 28.9 Å². The summed E-state index contributed by atoms with van der Waals surface area (Å²) >= 11 is 1.20. The average Bonchev–Trinajstić information content (AvgIpc) is 3.23. The van der Waals surface area contributed by atoms with Crippen LogP contribution in [0.25, 0.3) is 0 Å². The second kappa shape index (κ2) is 8.78. The molecule has 2 aromatic rings. The molecule has 4 rings (SSSR count). The number of aryl methyl sites for hydroxylation is 1. The summed E-state index contributed by atoms with van der Waals surface area (Å²) in [6, 6.07) is 2.09. The molecule has 0 N–H and O–H groups in total. The van der Waals surface area contributed by atoms with E-state index < -0.39 is 0 Å². The minimum atomic E-state index is 0.0475. The van der Waals surface area contributed by atoms with Crippen molar-refractivity contribution < 1.29 is 9.53 Å². The normalized spacial score (nSPS) is 17.8. The van der Waals surface area contributed by atoms with Crippen molar-refractivity contribution in [2.75, 3.05) is 62.3 Å². The van der Waals surface area contributed by atoms with Crippen molar-refractivity contribution in [1.82, 2.24) is 24.7 Å². The Morgan fingerprint density at radius 1 is 1.11 bits per heavy atom. The van der Waals surface area contributed by atoms with Crippen LogP contribution in [0.15, 0.2) is 12.3 Å². The molecule has 0 spiro atoms. The highest BCUT2D eigenvalue weighted by atomic mass is 32.1. The summed E-state index contributed by atoms with van der Waals surface area (Å²) in [6.07, 6.45) is 3.56. The van der Waals surface area contributed by atoms with Gasteiger partial charge in [-0.25, -0.2) is 0 Å². The highest BCUT2D eigenvalue weighted by Gasteiger charge is 2.26. The molecule has 1 amide bonds. The SMILES string of the molecule is CCCc1nnsc1C(=O)N1CCN(c2cc(N3CCOCC3)cnn2)CC1. The van der Waals surface area contributed by atoms with Gasteiger partial charge >= 0.3 is 0 Å². The zero-order chi connectivity index (χ0) is 19.3. The maximum Gasteiger partial charge on any atom is 0.267 e. The summed E-state index contributed by atoms with van der Waals surface area (Å²) in [5.41, 5.74) is 1.90. The Kier molecular flexibility index (Phi) is 5.96. The van der Waals surface area contributed by atoms with Gasteiger partial charge < -0.3 is 19.4 Å². The maximum atomic E-state index is 12.9. The fourth-order valence-electron chi connectivity index (χ4n) is 3.55. The molecule has 2 aliphatic heterocycles. The molecule has 150 valence electrons. The number of rotatable bonds is 5. The minimum absolute atomic E-state index is 0.0475. The van der Waals surface area contributed by atoms with Crippen LogP contribution in [0.4, 0.5) is 11.5 Å². The molecule has 0 aliphatic carbocycles. The lowest BCUT2D eigenvalue weighted by molar-refractivity contribution is 0.0750. The molecule has 0 atom stereocenters. The molecule has 4 heterocycles. The molecular weight excluding hydrogens is 378 g/mol. The summed E-state index contributed by atoms with van der Waals surface area (Å²) in [7, 11) is 0. The monoisotopic (exact) mass is 403 g/mol. The molecule has 2 aromatic heterocycles. The number of hydrogen-bond donors (Lipinski definition) is 0. The molecular formula is C18H25N7O2S. The van der Waals surface area contributed by atoms with Crippen LogP contribution in [0.5, 0.6) is 0 Å². The van der Waals surface area contributed by atoms with Gasteiger partial charge in [0.05, 0.1) is 30.8 Å². The van der Waals surface area contributed by atoms with Gasteiger partial charge in [0.25, 0.3) is 5.91 Å². The van der Waals surface area contributed by atoms with Crippen LogP contribution in [-0.2, 0) is 11.2 Å². The highest BCUT2D eigenvalue weighted by molar-refractivity contribution is 7.08. The third-order valence-electron chi connectivity index (χ3n) is 5.13. The molecule has 10 heteroatoms. The summed E-state index contributed by atoms with van der Waals surface area (Å²) in [6.45, 7) is 8.10. The van der Waals surface area contributed by atoms with E-state index in [0.29, 0.717) is 18.0 Å². The Labute approximate surface area is 168 Å². The fourth-order valence-corrected chi connectivity index (χ4v) is 4.22. The summed E-state index contributed by atoms with van der Waals surface area (Å²) < 4.78 is 9.40. The van der Waals surface area contributed by atoms with Crippen LogP contribution < -0.4 is 9.80 Å². The number of ether oxygens (including phenoxy) is 1. The quantitative estimate of drug-likeness (QED) is 0.733.